The Kier molecular flexibility index (Phi) is 7.89. The van der Waals surface area contributed by atoms with Gasteiger partial charge >= 0.3 is 0 Å². The van der Waals surface area contributed by atoms with Crippen LogP contribution in [-0.4, -0.2) is 51.3 Å². The molecule has 1 unspecified atom stereocenters. The maximum absolute atomic E-state index is 5.43. The van der Waals surface area contributed by atoms with E-state index in [0.717, 1.165) is 44.6 Å². The van der Waals surface area contributed by atoms with Crippen LogP contribution in [0, 0.1) is 11.8 Å². The molecule has 4 nitrogen and oxygen atoms in total. The summed E-state index contributed by atoms with van der Waals surface area (Å²) in [4.78, 5) is 8.15. The molecule has 5 heteroatoms. The van der Waals surface area contributed by atoms with Crippen molar-refractivity contribution in [2.75, 3.05) is 40.4 Å². The van der Waals surface area contributed by atoms with Gasteiger partial charge in [-0.2, -0.15) is 0 Å². The molecule has 2 heterocycles. The molecule has 1 saturated heterocycles. The van der Waals surface area contributed by atoms with Gasteiger partial charge in [-0.25, -0.2) is 0 Å². The minimum absolute atomic E-state index is 0.606. The van der Waals surface area contributed by atoms with Gasteiger partial charge < -0.3 is 15.0 Å². The lowest BCUT2D eigenvalue weighted by Gasteiger charge is -2.27. The molecule has 0 bridgehead atoms. The number of thiophene rings is 1. The summed E-state index contributed by atoms with van der Waals surface area (Å²) in [5.74, 6) is 2.42. The van der Waals surface area contributed by atoms with Crippen molar-refractivity contribution < 1.29 is 4.74 Å². The summed E-state index contributed by atoms with van der Waals surface area (Å²) in [6.07, 6.45) is 4.77. The summed E-state index contributed by atoms with van der Waals surface area (Å²) in [6.45, 7) is 6.18. The van der Waals surface area contributed by atoms with Gasteiger partial charge in [0.2, 0.25) is 0 Å². The average Bonchev–Trinajstić information content (AvgIpc) is 3.07. The van der Waals surface area contributed by atoms with Crippen molar-refractivity contribution in [3.8, 4) is 0 Å². The SMILES string of the molecule is CN=C(NCC(C)Cc1cccs1)N(C)CCC1CCOCC1. The van der Waals surface area contributed by atoms with Crippen molar-refractivity contribution in [1.29, 1.82) is 0 Å². The largest absolute Gasteiger partial charge is 0.381 e. The quantitative estimate of drug-likeness (QED) is 0.613. The van der Waals surface area contributed by atoms with E-state index in [2.05, 4.69) is 46.7 Å². The lowest BCUT2D eigenvalue weighted by Crippen LogP contribution is -2.41. The van der Waals surface area contributed by atoms with Crippen LogP contribution < -0.4 is 5.32 Å². The fourth-order valence-electron chi connectivity index (χ4n) is 3.01. The van der Waals surface area contributed by atoms with Crippen LogP contribution in [0.5, 0.6) is 0 Å². The Balaban J connectivity index is 1.68. The second-order valence-electron chi connectivity index (χ2n) is 6.58. The van der Waals surface area contributed by atoms with Gasteiger partial charge in [0.1, 0.15) is 0 Å². The summed E-state index contributed by atoms with van der Waals surface area (Å²) >= 11 is 1.84. The highest BCUT2D eigenvalue weighted by molar-refractivity contribution is 7.09. The smallest absolute Gasteiger partial charge is 0.193 e. The molecule has 0 aromatic carbocycles. The van der Waals surface area contributed by atoms with Gasteiger partial charge in [-0.05, 0) is 49.0 Å². The third-order valence-corrected chi connectivity index (χ3v) is 5.42. The molecule has 0 saturated carbocycles. The molecule has 23 heavy (non-hydrogen) atoms. The topological polar surface area (TPSA) is 36.9 Å². The third kappa shape index (κ3) is 6.51. The fourth-order valence-corrected chi connectivity index (χ4v) is 3.88. The Bertz CT molecular complexity index is 455. The second-order valence-corrected chi connectivity index (χ2v) is 7.61. The molecule has 1 aliphatic rings. The highest BCUT2D eigenvalue weighted by atomic mass is 32.1. The van der Waals surface area contributed by atoms with Crippen LogP contribution in [0.25, 0.3) is 0 Å². The Hall–Kier alpha value is -1.07. The molecule has 1 atom stereocenters. The molecule has 2 rings (SSSR count). The van der Waals surface area contributed by atoms with Crippen molar-refractivity contribution in [1.82, 2.24) is 10.2 Å². The first-order valence-electron chi connectivity index (χ1n) is 8.71. The van der Waals surface area contributed by atoms with E-state index in [-0.39, 0.29) is 0 Å². The zero-order valence-electron chi connectivity index (χ0n) is 14.8. The summed E-state index contributed by atoms with van der Waals surface area (Å²) < 4.78 is 5.43. The summed E-state index contributed by atoms with van der Waals surface area (Å²) in [5, 5.41) is 5.68. The minimum Gasteiger partial charge on any atom is -0.381 e. The van der Waals surface area contributed by atoms with E-state index in [9.17, 15) is 0 Å². The first-order chi connectivity index (χ1) is 11.2. The van der Waals surface area contributed by atoms with E-state index in [0.29, 0.717) is 5.92 Å². The molecule has 0 spiro atoms. The highest BCUT2D eigenvalue weighted by Gasteiger charge is 2.15. The van der Waals surface area contributed by atoms with Gasteiger partial charge in [-0.3, -0.25) is 4.99 Å². The van der Waals surface area contributed by atoms with Gasteiger partial charge in [-0.15, -0.1) is 11.3 Å². The van der Waals surface area contributed by atoms with E-state index < -0.39 is 0 Å². The van der Waals surface area contributed by atoms with E-state index in [1.165, 1.54) is 24.1 Å². The molecule has 1 N–H and O–H groups in total. The molecule has 1 fully saturated rings. The van der Waals surface area contributed by atoms with Crippen LogP contribution in [0.15, 0.2) is 22.5 Å². The Morgan fingerprint density at radius 3 is 2.91 bits per heavy atom. The first kappa shape index (κ1) is 18.3. The van der Waals surface area contributed by atoms with Crippen molar-refractivity contribution in [3.63, 3.8) is 0 Å². The molecule has 0 radical (unpaired) electrons. The normalized spacial score (nSPS) is 18.0. The fraction of sp³-hybridized carbons (Fsp3) is 0.722. The second kappa shape index (κ2) is 9.93. The van der Waals surface area contributed by atoms with Crippen molar-refractivity contribution in [2.45, 2.75) is 32.6 Å². The Labute approximate surface area is 144 Å². The van der Waals surface area contributed by atoms with Gasteiger partial charge in [0.25, 0.3) is 0 Å². The molecule has 0 amide bonds. The Morgan fingerprint density at radius 1 is 1.48 bits per heavy atom. The maximum atomic E-state index is 5.43. The van der Waals surface area contributed by atoms with Crippen LogP contribution in [0.1, 0.15) is 31.1 Å². The Morgan fingerprint density at radius 2 is 2.26 bits per heavy atom. The summed E-state index contributed by atoms with van der Waals surface area (Å²) in [5.41, 5.74) is 0. The van der Waals surface area contributed by atoms with Gasteiger partial charge in [0.15, 0.2) is 5.96 Å². The number of nitrogens with one attached hydrogen (secondary N) is 1. The number of hydrogen-bond acceptors (Lipinski definition) is 3. The number of guanidine groups is 1. The zero-order chi connectivity index (χ0) is 16.5. The molecule has 1 aliphatic heterocycles. The van der Waals surface area contributed by atoms with E-state index in [1.54, 1.807) is 0 Å². The highest BCUT2D eigenvalue weighted by Crippen LogP contribution is 2.18. The average molecular weight is 338 g/mol. The number of hydrogen-bond donors (Lipinski definition) is 1. The standard InChI is InChI=1S/C18H31N3OS/c1-15(13-17-5-4-12-23-17)14-20-18(19-2)21(3)9-6-16-7-10-22-11-8-16/h4-5,12,15-16H,6-11,13-14H2,1-3H3,(H,19,20). The monoisotopic (exact) mass is 337 g/mol. The molecule has 1 aromatic heterocycles. The number of rotatable bonds is 7. The van der Waals surface area contributed by atoms with Crippen LogP contribution in [-0.2, 0) is 11.2 Å². The van der Waals surface area contributed by atoms with Crippen LogP contribution in [0.4, 0.5) is 0 Å². The van der Waals surface area contributed by atoms with E-state index in [4.69, 9.17) is 4.74 Å². The van der Waals surface area contributed by atoms with E-state index in [1.807, 2.05) is 18.4 Å². The number of aliphatic imine (C=N–C) groups is 1. The molecule has 0 aliphatic carbocycles. The lowest BCUT2D eigenvalue weighted by atomic mass is 9.96. The molecular weight excluding hydrogens is 306 g/mol. The third-order valence-electron chi connectivity index (χ3n) is 4.53. The number of nitrogens with zero attached hydrogens (tertiary/aromatic N) is 2. The molecule has 1 aromatic rings. The van der Waals surface area contributed by atoms with Gasteiger partial charge in [0.05, 0.1) is 0 Å². The van der Waals surface area contributed by atoms with Crippen molar-refractivity contribution >= 4 is 17.3 Å². The molecular formula is C18H31N3OS. The lowest BCUT2D eigenvalue weighted by molar-refractivity contribution is 0.0625. The predicted molar refractivity (Wildman–Crippen MR) is 99.3 cm³/mol. The first-order valence-corrected chi connectivity index (χ1v) is 9.59. The maximum Gasteiger partial charge on any atom is 0.193 e. The van der Waals surface area contributed by atoms with E-state index >= 15 is 0 Å². The zero-order valence-corrected chi connectivity index (χ0v) is 15.6. The van der Waals surface area contributed by atoms with Crippen LogP contribution in [0.2, 0.25) is 0 Å². The van der Waals surface area contributed by atoms with Gasteiger partial charge in [-0.1, -0.05) is 13.0 Å². The van der Waals surface area contributed by atoms with Crippen LogP contribution >= 0.6 is 11.3 Å². The van der Waals surface area contributed by atoms with Crippen molar-refractivity contribution in [3.05, 3.63) is 22.4 Å². The van der Waals surface area contributed by atoms with Gasteiger partial charge in [0, 0.05) is 45.3 Å². The van der Waals surface area contributed by atoms with Crippen LogP contribution in [0.3, 0.4) is 0 Å². The van der Waals surface area contributed by atoms with Crippen molar-refractivity contribution in [2.24, 2.45) is 16.8 Å². The minimum atomic E-state index is 0.606. The number of ether oxygens (including phenoxy) is 1. The summed E-state index contributed by atoms with van der Waals surface area (Å²) in [6, 6.07) is 4.35. The molecule has 130 valence electrons. The summed E-state index contributed by atoms with van der Waals surface area (Å²) in [7, 11) is 4.01. The predicted octanol–water partition coefficient (Wildman–Crippen LogP) is 3.25.